The highest BCUT2D eigenvalue weighted by molar-refractivity contribution is 6.17. The molecule has 86 valence electrons. The highest BCUT2D eigenvalue weighted by Gasteiger charge is 2.05. The molecule has 1 aromatic heterocycles. The lowest BCUT2D eigenvalue weighted by atomic mass is 10.3. The molecule has 0 aliphatic carbocycles. The first-order chi connectivity index (χ1) is 7.36. The van der Waals surface area contributed by atoms with E-state index >= 15 is 0 Å². The summed E-state index contributed by atoms with van der Waals surface area (Å²) in [7, 11) is 1.63. The van der Waals surface area contributed by atoms with Gasteiger partial charge in [-0.15, -0.1) is 21.8 Å². The van der Waals surface area contributed by atoms with Crippen molar-refractivity contribution in [3.05, 3.63) is 11.8 Å². The zero-order valence-electron chi connectivity index (χ0n) is 8.74. The number of aromatic nitrogens is 2. The molecular formula is C9H15ClN2O3. The monoisotopic (exact) mass is 234 g/mol. The molecule has 0 spiro atoms. The summed E-state index contributed by atoms with van der Waals surface area (Å²) in [5.74, 6) is 1.71. The molecule has 0 atom stereocenters. The van der Waals surface area contributed by atoms with Crippen LogP contribution in [-0.2, 0) is 22.5 Å². The van der Waals surface area contributed by atoms with Crippen molar-refractivity contribution < 1.29 is 13.9 Å². The Balaban J connectivity index is 2.20. The second-order valence-electron chi connectivity index (χ2n) is 2.93. The topological polar surface area (TPSA) is 57.4 Å². The molecule has 5 nitrogen and oxygen atoms in total. The van der Waals surface area contributed by atoms with E-state index in [-0.39, 0.29) is 0 Å². The van der Waals surface area contributed by atoms with Crippen molar-refractivity contribution >= 4 is 11.6 Å². The van der Waals surface area contributed by atoms with Gasteiger partial charge >= 0.3 is 0 Å². The lowest BCUT2D eigenvalue weighted by Crippen LogP contribution is -2.01. The quantitative estimate of drug-likeness (QED) is 0.503. The predicted octanol–water partition coefficient (Wildman–Crippen LogP) is 1.40. The third kappa shape index (κ3) is 5.11. The van der Waals surface area contributed by atoms with E-state index in [0.717, 1.165) is 6.42 Å². The lowest BCUT2D eigenvalue weighted by Gasteiger charge is -1.98. The van der Waals surface area contributed by atoms with Crippen molar-refractivity contribution in [1.29, 1.82) is 0 Å². The largest absolute Gasteiger partial charge is 0.423 e. The Morgan fingerprint density at radius 1 is 1.27 bits per heavy atom. The van der Waals surface area contributed by atoms with Crippen LogP contribution in [0.25, 0.3) is 0 Å². The third-order valence-electron chi connectivity index (χ3n) is 1.69. The SMILES string of the molecule is COCCOCc1nnc(CCCCl)o1. The van der Waals surface area contributed by atoms with E-state index in [1.807, 2.05) is 0 Å². The maximum atomic E-state index is 5.55. The fourth-order valence-corrected chi connectivity index (χ4v) is 1.10. The van der Waals surface area contributed by atoms with Gasteiger partial charge in [-0.25, -0.2) is 0 Å². The van der Waals surface area contributed by atoms with Gasteiger partial charge in [-0.3, -0.25) is 0 Å². The Bertz CT molecular complexity index is 268. The number of nitrogens with zero attached hydrogens (tertiary/aromatic N) is 2. The number of rotatable bonds is 8. The van der Waals surface area contributed by atoms with E-state index in [4.69, 9.17) is 25.5 Å². The molecule has 1 heterocycles. The molecule has 0 saturated carbocycles. The van der Waals surface area contributed by atoms with E-state index in [2.05, 4.69) is 10.2 Å². The Hall–Kier alpha value is -0.650. The Kier molecular flexibility index (Phi) is 6.31. The molecule has 0 N–H and O–H groups in total. The van der Waals surface area contributed by atoms with Gasteiger partial charge in [0.2, 0.25) is 11.8 Å². The number of hydrogen-bond donors (Lipinski definition) is 0. The van der Waals surface area contributed by atoms with Crippen LogP contribution in [0.15, 0.2) is 4.42 Å². The zero-order valence-corrected chi connectivity index (χ0v) is 9.50. The van der Waals surface area contributed by atoms with Crippen molar-refractivity contribution in [2.75, 3.05) is 26.2 Å². The minimum Gasteiger partial charge on any atom is -0.423 e. The van der Waals surface area contributed by atoms with Crippen molar-refractivity contribution in [3.63, 3.8) is 0 Å². The summed E-state index contributed by atoms with van der Waals surface area (Å²) in [5.41, 5.74) is 0. The number of aryl methyl sites for hydroxylation is 1. The average Bonchev–Trinajstić information content (AvgIpc) is 2.69. The molecule has 0 bridgehead atoms. The first-order valence-corrected chi connectivity index (χ1v) is 5.34. The fraction of sp³-hybridized carbons (Fsp3) is 0.778. The molecule has 0 aromatic carbocycles. The number of ether oxygens (including phenoxy) is 2. The minimum absolute atomic E-state index is 0.331. The first-order valence-electron chi connectivity index (χ1n) is 4.80. The van der Waals surface area contributed by atoms with Gasteiger partial charge in [0.05, 0.1) is 13.2 Å². The van der Waals surface area contributed by atoms with Crippen LogP contribution < -0.4 is 0 Å². The molecule has 0 fully saturated rings. The number of methoxy groups -OCH3 is 1. The van der Waals surface area contributed by atoms with Crippen molar-refractivity contribution in [1.82, 2.24) is 10.2 Å². The van der Waals surface area contributed by atoms with Crippen LogP contribution in [0, 0.1) is 0 Å². The van der Waals surface area contributed by atoms with Crippen LogP contribution in [0.5, 0.6) is 0 Å². The van der Waals surface area contributed by atoms with Crippen LogP contribution in [0.4, 0.5) is 0 Å². The Labute approximate surface area is 93.7 Å². The molecule has 0 radical (unpaired) electrons. The Morgan fingerprint density at radius 2 is 2.07 bits per heavy atom. The lowest BCUT2D eigenvalue weighted by molar-refractivity contribution is 0.0513. The van der Waals surface area contributed by atoms with Crippen LogP contribution in [0.2, 0.25) is 0 Å². The van der Waals surface area contributed by atoms with Crippen LogP contribution in [0.3, 0.4) is 0 Å². The molecule has 15 heavy (non-hydrogen) atoms. The van der Waals surface area contributed by atoms with Gasteiger partial charge in [0.15, 0.2) is 0 Å². The summed E-state index contributed by atoms with van der Waals surface area (Å²) >= 11 is 5.55. The Morgan fingerprint density at radius 3 is 2.80 bits per heavy atom. The molecule has 0 saturated heterocycles. The summed E-state index contributed by atoms with van der Waals surface area (Å²) < 4.78 is 15.4. The van der Waals surface area contributed by atoms with Crippen LogP contribution in [-0.4, -0.2) is 36.4 Å². The highest BCUT2D eigenvalue weighted by Crippen LogP contribution is 2.04. The second-order valence-corrected chi connectivity index (χ2v) is 3.31. The summed E-state index contributed by atoms with van der Waals surface area (Å²) in [6.07, 6.45) is 1.56. The maximum Gasteiger partial charge on any atom is 0.242 e. The third-order valence-corrected chi connectivity index (χ3v) is 1.96. The van der Waals surface area contributed by atoms with Crippen molar-refractivity contribution in [2.45, 2.75) is 19.4 Å². The predicted molar refractivity (Wildman–Crippen MR) is 54.9 cm³/mol. The molecule has 0 aliphatic heterocycles. The summed E-state index contributed by atoms with van der Waals surface area (Å²) in [6, 6.07) is 0. The van der Waals surface area contributed by atoms with E-state index < -0.39 is 0 Å². The molecule has 1 rings (SSSR count). The number of alkyl halides is 1. The summed E-state index contributed by atoms with van der Waals surface area (Å²) in [6.45, 7) is 1.42. The van der Waals surface area contributed by atoms with E-state index in [0.29, 0.717) is 43.9 Å². The normalized spacial score (nSPS) is 10.8. The van der Waals surface area contributed by atoms with Gasteiger partial charge in [0.25, 0.3) is 0 Å². The minimum atomic E-state index is 0.331. The van der Waals surface area contributed by atoms with Crippen LogP contribution >= 0.6 is 11.6 Å². The van der Waals surface area contributed by atoms with Crippen molar-refractivity contribution in [3.8, 4) is 0 Å². The molecule has 0 unspecified atom stereocenters. The van der Waals surface area contributed by atoms with E-state index in [9.17, 15) is 0 Å². The molecule has 0 aliphatic rings. The standard InChI is InChI=1S/C9H15ClN2O3/c1-13-5-6-14-7-9-12-11-8(15-9)3-2-4-10/h2-7H2,1H3. The van der Waals surface area contributed by atoms with Gasteiger partial charge in [-0.05, 0) is 6.42 Å². The van der Waals surface area contributed by atoms with Gasteiger partial charge in [-0.2, -0.15) is 0 Å². The van der Waals surface area contributed by atoms with Gasteiger partial charge in [-0.1, -0.05) is 0 Å². The van der Waals surface area contributed by atoms with E-state index in [1.54, 1.807) is 7.11 Å². The molecule has 1 aromatic rings. The highest BCUT2D eigenvalue weighted by atomic mass is 35.5. The maximum absolute atomic E-state index is 5.55. The zero-order chi connectivity index (χ0) is 10.9. The van der Waals surface area contributed by atoms with Gasteiger partial charge < -0.3 is 13.9 Å². The molecular weight excluding hydrogens is 220 g/mol. The van der Waals surface area contributed by atoms with Crippen LogP contribution in [0.1, 0.15) is 18.2 Å². The second kappa shape index (κ2) is 7.62. The van der Waals surface area contributed by atoms with E-state index in [1.165, 1.54) is 0 Å². The fourth-order valence-electron chi connectivity index (χ4n) is 0.967. The summed E-state index contributed by atoms with van der Waals surface area (Å²) in [5, 5.41) is 7.71. The average molecular weight is 235 g/mol. The van der Waals surface area contributed by atoms with Gasteiger partial charge in [0, 0.05) is 19.4 Å². The number of hydrogen-bond acceptors (Lipinski definition) is 5. The summed E-state index contributed by atoms with van der Waals surface area (Å²) in [4.78, 5) is 0. The smallest absolute Gasteiger partial charge is 0.242 e. The van der Waals surface area contributed by atoms with Gasteiger partial charge in [0.1, 0.15) is 6.61 Å². The molecule has 0 amide bonds. The number of halogens is 1. The molecule has 6 heteroatoms. The van der Waals surface area contributed by atoms with Crippen molar-refractivity contribution in [2.24, 2.45) is 0 Å². The first kappa shape index (κ1) is 12.4.